The molecule has 0 aliphatic carbocycles. The van der Waals surface area contributed by atoms with Gasteiger partial charge in [-0.1, -0.05) is 6.07 Å². The van der Waals surface area contributed by atoms with Crippen LogP contribution in [0.15, 0.2) is 18.2 Å². The number of halogens is 2. The number of nitrogens with one attached hydrogen (secondary N) is 1. The summed E-state index contributed by atoms with van der Waals surface area (Å²) in [6.07, 6.45) is -1.70. The average Bonchev–Trinajstić information content (AvgIpc) is 2.46. The van der Waals surface area contributed by atoms with Crippen LogP contribution in [0.25, 0.3) is 0 Å². The van der Waals surface area contributed by atoms with Gasteiger partial charge in [-0.15, -0.1) is 0 Å². The second kappa shape index (κ2) is 6.82. The number of piperazine rings is 1. The van der Waals surface area contributed by atoms with Gasteiger partial charge < -0.3 is 15.0 Å². The summed E-state index contributed by atoms with van der Waals surface area (Å²) in [5.41, 5.74) is 0.926. The molecule has 0 aromatic heterocycles. The van der Waals surface area contributed by atoms with Crippen LogP contribution in [0.2, 0.25) is 0 Å². The molecule has 1 saturated heterocycles. The molecular formula is C14H20F2N2O. The number of hydrogen-bond donors (Lipinski definition) is 1. The molecule has 0 bridgehead atoms. The third-order valence-corrected chi connectivity index (χ3v) is 3.46. The van der Waals surface area contributed by atoms with E-state index in [4.69, 9.17) is 4.74 Å². The van der Waals surface area contributed by atoms with Gasteiger partial charge in [-0.2, -0.15) is 0 Å². The van der Waals surface area contributed by atoms with Crippen molar-refractivity contribution in [2.45, 2.75) is 12.8 Å². The van der Waals surface area contributed by atoms with E-state index >= 15 is 0 Å². The second-order valence-electron chi connectivity index (χ2n) is 4.72. The molecule has 3 nitrogen and oxygen atoms in total. The molecule has 2 rings (SSSR count). The molecule has 1 aromatic rings. The van der Waals surface area contributed by atoms with E-state index in [0.29, 0.717) is 0 Å². The molecule has 0 saturated carbocycles. The van der Waals surface area contributed by atoms with Gasteiger partial charge in [0.1, 0.15) is 5.75 Å². The predicted molar refractivity (Wildman–Crippen MR) is 71.0 cm³/mol. The summed E-state index contributed by atoms with van der Waals surface area (Å²) in [5, 5.41) is 3.29. The number of alkyl halides is 2. The maximum Gasteiger partial charge on any atom is 0.267 e. The lowest BCUT2D eigenvalue weighted by Gasteiger charge is -2.27. The van der Waals surface area contributed by atoms with Crippen molar-refractivity contribution < 1.29 is 13.5 Å². The lowest BCUT2D eigenvalue weighted by Crippen LogP contribution is -2.44. The molecule has 0 atom stereocenters. The lowest BCUT2D eigenvalue weighted by molar-refractivity contribution is 0.147. The molecule has 1 aliphatic heterocycles. The van der Waals surface area contributed by atoms with Gasteiger partial charge in [0.25, 0.3) is 6.43 Å². The zero-order chi connectivity index (χ0) is 13.7. The summed E-state index contributed by atoms with van der Waals surface area (Å²) >= 11 is 0. The van der Waals surface area contributed by atoms with Crippen molar-refractivity contribution in [3.05, 3.63) is 29.3 Å². The highest BCUT2D eigenvalue weighted by molar-refractivity contribution is 5.38. The first kappa shape index (κ1) is 14.2. The van der Waals surface area contributed by atoms with Crippen molar-refractivity contribution in [3.8, 4) is 5.75 Å². The minimum atomic E-state index is -2.49. The van der Waals surface area contributed by atoms with Gasteiger partial charge in [-0.25, -0.2) is 8.78 Å². The van der Waals surface area contributed by atoms with Crippen molar-refractivity contribution in [2.75, 3.05) is 39.8 Å². The fourth-order valence-electron chi connectivity index (χ4n) is 2.33. The standard InChI is InChI=1S/C14H20F2N2O/c1-19-13-3-2-11(10-12(13)14(15)16)4-7-18-8-5-17-6-9-18/h2-3,10,14,17H,4-9H2,1H3. The second-order valence-corrected chi connectivity index (χ2v) is 4.72. The van der Waals surface area contributed by atoms with Gasteiger partial charge in [0.2, 0.25) is 0 Å². The van der Waals surface area contributed by atoms with Crippen molar-refractivity contribution in [2.24, 2.45) is 0 Å². The first-order valence-corrected chi connectivity index (χ1v) is 6.58. The average molecular weight is 270 g/mol. The highest BCUT2D eigenvalue weighted by Gasteiger charge is 2.15. The molecule has 1 aliphatic rings. The molecular weight excluding hydrogens is 250 g/mol. The summed E-state index contributed by atoms with van der Waals surface area (Å²) in [4.78, 5) is 2.35. The first-order valence-electron chi connectivity index (χ1n) is 6.58. The minimum absolute atomic E-state index is 0.0136. The summed E-state index contributed by atoms with van der Waals surface area (Å²) < 4.78 is 30.7. The van der Waals surface area contributed by atoms with E-state index in [1.165, 1.54) is 7.11 Å². The van der Waals surface area contributed by atoms with Crippen LogP contribution >= 0.6 is 0 Å². The molecule has 1 N–H and O–H groups in total. The Kier molecular flexibility index (Phi) is 5.10. The van der Waals surface area contributed by atoms with Crippen molar-refractivity contribution in [1.29, 1.82) is 0 Å². The Balaban J connectivity index is 1.98. The smallest absolute Gasteiger partial charge is 0.267 e. The van der Waals surface area contributed by atoms with Gasteiger partial charge in [0, 0.05) is 32.7 Å². The van der Waals surface area contributed by atoms with Gasteiger partial charge in [-0.05, 0) is 24.1 Å². The Morgan fingerprint density at radius 1 is 1.32 bits per heavy atom. The molecule has 0 unspecified atom stereocenters. The lowest BCUT2D eigenvalue weighted by atomic mass is 10.1. The largest absolute Gasteiger partial charge is 0.496 e. The van der Waals surface area contributed by atoms with E-state index in [1.54, 1.807) is 12.1 Å². The van der Waals surface area contributed by atoms with E-state index in [2.05, 4.69) is 10.2 Å². The fourth-order valence-corrected chi connectivity index (χ4v) is 2.33. The zero-order valence-corrected chi connectivity index (χ0v) is 11.2. The van der Waals surface area contributed by atoms with E-state index in [-0.39, 0.29) is 11.3 Å². The van der Waals surface area contributed by atoms with Crippen LogP contribution in [0.5, 0.6) is 5.75 Å². The Labute approximate surface area is 112 Å². The third kappa shape index (κ3) is 3.88. The topological polar surface area (TPSA) is 24.5 Å². The van der Waals surface area contributed by atoms with E-state index in [0.717, 1.165) is 44.7 Å². The molecule has 0 spiro atoms. The van der Waals surface area contributed by atoms with Crippen LogP contribution in [-0.2, 0) is 6.42 Å². The maximum atomic E-state index is 12.9. The molecule has 106 valence electrons. The molecule has 1 aromatic carbocycles. The SMILES string of the molecule is COc1ccc(CCN2CCNCC2)cc1C(F)F. The monoisotopic (exact) mass is 270 g/mol. The Bertz CT molecular complexity index is 406. The summed E-state index contributed by atoms with van der Waals surface area (Å²) in [7, 11) is 1.42. The van der Waals surface area contributed by atoms with Crippen LogP contribution < -0.4 is 10.1 Å². The Morgan fingerprint density at radius 3 is 2.68 bits per heavy atom. The summed E-state index contributed by atoms with van der Waals surface area (Å²) in [5.74, 6) is 0.265. The van der Waals surface area contributed by atoms with Crippen LogP contribution in [0.4, 0.5) is 8.78 Å². The van der Waals surface area contributed by atoms with E-state index < -0.39 is 6.43 Å². The van der Waals surface area contributed by atoms with Gasteiger partial charge in [0.15, 0.2) is 0 Å². The predicted octanol–water partition coefficient (Wildman–Crippen LogP) is 2.08. The van der Waals surface area contributed by atoms with Gasteiger partial charge in [-0.3, -0.25) is 0 Å². The molecule has 0 radical (unpaired) electrons. The number of benzene rings is 1. The highest BCUT2D eigenvalue weighted by atomic mass is 19.3. The fraction of sp³-hybridized carbons (Fsp3) is 0.571. The van der Waals surface area contributed by atoms with Crippen LogP contribution in [0.1, 0.15) is 17.6 Å². The third-order valence-electron chi connectivity index (χ3n) is 3.46. The number of ether oxygens (including phenoxy) is 1. The molecule has 1 heterocycles. The number of rotatable bonds is 5. The minimum Gasteiger partial charge on any atom is -0.496 e. The molecule has 5 heteroatoms. The van der Waals surface area contributed by atoms with E-state index in [9.17, 15) is 8.78 Å². The Hall–Kier alpha value is -1.20. The van der Waals surface area contributed by atoms with Crippen molar-refractivity contribution in [3.63, 3.8) is 0 Å². The molecule has 0 amide bonds. The summed E-state index contributed by atoms with van der Waals surface area (Å²) in [6, 6.07) is 5.06. The van der Waals surface area contributed by atoms with Crippen LogP contribution in [-0.4, -0.2) is 44.7 Å². The maximum absolute atomic E-state index is 12.9. The van der Waals surface area contributed by atoms with Crippen molar-refractivity contribution >= 4 is 0 Å². The zero-order valence-electron chi connectivity index (χ0n) is 11.2. The van der Waals surface area contributed by atoms with Crippen LogP contribution in [0.3, 0.4) is 0 Å². The molecule has 19 heavy (non-hydrogen) atoms. The quantitative estimate of drug-likeness (QED) is 0.886. The number of methoxy groups -OCH3 is 1. The first-order chi connectivity index (χ1) is 9.20. The highest BCUT2D eigenvalue weighted by Crippen LogP contribution is 2.29. The number of hydrogen-bond acceptors (Lipinski definition) is 3. The Morgan fingerprint density at radius 2 is 2.05 bits per heavy atom. The van der Waals surface area contributed by atoms with Crippen LogP contribution in [0, 0.1) is 0 Å². The van der Waals surface area contributed by atoms with E-state index in [1.807, 2.05) is 6.07 Å². The number of nitrogens with zero attached hydrogens (tertiary/aromatic N) is 1. The van der Waals surface area contributed by atoms with Crippen molar-refractivity contribution in [1.82, 2.24) is 10.2 Å². The summed E-state index contributed by atoms with van der Waals surface area (Å²) in [6.45, 7) is 4.97. The normalized spacial score (nSPS) is 16.8. The molecule has 1 fully saturated rings. The van der Waals surface area contributed by atoms with Gasteiger partial charge >= 0.3 is 0 Å². The van der Waals surface area contributed by atoms with Gasteiger partial charge in [0.05, 0.1) is 12.7 Å².